The summed E-state index contributed by atoms with van der Waals surface area (Å²) >= 11 is 0. The molecule has 0 aromatic heterocycles. The van der Waals surface area contributed by atoms with Gasteiger partial charge in [-0.3, -0.25) is 0 Å². The van der Waals surface area contributed by atoms with Gasteiger partial charge in [0.05, 0.1) is 0 Å². The molecule has 0 aromatic rings. The van der Waals surface area contributed by atoms with Gasteiger partial charge in [0.15, 0.2) is 0 Å². The number of rotatable bonds is 0. The normalized spacial score (nSPS) is 29.8. The van der Waals surface area contributed by atoms with Crippen molar-refractivity contribution in [1.82, 2.24) is 0 Å². The van der Waals surface area contributed by atoms with Crippen LogP contribution in [0.2, 0.25) is 0 Å². The molecule has 0 bridgehead atoms. The van der Waals surface area contributed by atoms with Gasteiger partial charge in [0.25, 0.3) is 0 Å². The van der Waals surface area contributed by atoms with Crippen molar-refractivity contribution in [2.45, 2.75) is 26.2 Å². The monoisotopic (exact) mass is 109 g/mol. The smallest absolute Gasteiger partial charge is 0.0231 e. The van der Waals surface area contributed by atoms with Crippen molar-refractivity contribution in [2.75, 3.05) is 0 Å². The van der Waals surface area contributed by atoms with Gasteiger partial charge in [0.1, 0.15) is 0 Å². The Hall–Kier alpha value is -0.260. The van der Waals surface area contributed by atoms with E-state index < -0.39 is 0 Å². The third kappa shape index (κ3) is 1.36. The summed E-state index contributed by atoms with van der Waals surface area (Å²) in [4.78, 5) is 0. The van der Waals surface area contributed by atoms with Crippen molar-refractivity contribution < 1.29 is 0 Å². The highest BCUT2D eigenvalue weighted by Crippen LogP contribution is 2.20. The molecule has 0 nitrogen and oxygen atoms in total. The van der Waals surface area contributed by atoms with Gasteiger partial charge in [-0.25, -0.2) is 0 Å². The van der Waals surface area contributed by atoms with Crippen molar-refractivity contribution in [3.8, 4) is 0 Å². The van der Waals surface area contributed by atoms with E-state index in [0.717, 1.165) is 0 Å². The summed E-state index contributed by atoms with van der Waals surface area (Å²) in [5, 5.41) is 0. The van der Waals surface area contributed by atoms with Gasteiger partial charge in [-0.1, -0.05) is 11.6 Å². The first kappa shape index (κ1) is 5.87. The van der Waals surface area contributed by atoms with Crippen LogP contribution >= 0.6 is 0 Å². The Labute approximate surface area is 51.6 Å². The molecule has 0 aliphatic heterocycles. The van der Waals surface area contributed by atoms with Gasteiger partial charge in [-0.2, -0.15) is 0 Å². The van der Waals surface area contributed by atoms with Gasteiger partial charge in [-0.15, -0.1) is 0 Å². The molecule has 8 heavy (non-hydrogen) atoms. The lowest BCUT2D eigenvalue weighted by atomic mass is 9.93. The highest BCUT2D eigenvalue weighted by Gasteiger charge is 2.04. The van der Waals surface area contributed by atoms with E-state index in [1.165, 1.54) is 24.8 Å². The van der Waals surface area contributed by atoms with Crippen LogP contribution in [0.3, 0.4) is 0 Å². The third-order valence-corrected chi connectivity index (χ3v) is 1.67. The van der Waals surface area contributed by atoms with Crippen LogP contribution in [-0.2, 0) is 0 Å². The standard InChI is InChI=1S/C8H13/c1-7-4-3-5-8(2)6-7/h6-7H,1,3-5H2,2H3. The molecule has 0 saturated carbocycles. The van der Waals surface area contributed by atoms with Crippen molar-refractivity contribution in [1.29, 1.82) is 0 Å². The minimum absolute atomic E-state index is 0.601. The second-order valence-electron chi connectivity index (χ2n) is 2.67. The molecule has 1 atom stereocenters. The van der Waals surface area contributed by atoms with Gasteiger partial charge < -0.3 is 0 Å². The minimum atomic E-state index is 0.601. The summed E-state index contributed by atoms with van der Waals surface area (Å²) in [7, 11) is 0. The lowest BCUT2D eigenvalue weighted by Gasteiger charge is -2.13. The molecule has 1 aliphatic carbocycles. The molecule has 45 valence electrons. The molecule has 1 radical (unpaired) electrons. The van der Waals surface area contributed by atoms with E-state index in [1.807, 2.05) is 0 Å². The van der Waals surface area contributed by atoms with E-state index in [4.69, 9.17) is 0 Å². The Kier molecular flexibility index (Phi) is 1.72. The Morgan fingerprint density at radius 3 is 2.88 bits per heavy atom. The molecule has 0 amide bonds. The number of hydrogen-bond acceptors (Lipinski definition) is 0. The first-order valence-electron chi connectivity index (χ1n) is 3.29. The van der Waals surface area contributed by atoms with Crippen molar-refractivity contribution in [2.24, 2.45) is 5.92 Å². The second-order valence-corrected chi connectivity index (χ2v) is 2.67. The van der Waals surface area contributed by atoms with Crippen LogP contribution in [0.5, 0.6) is 0 Å². The predicted octanol–water partition coefficient (Wildman–Crippen LogP) is 2.57. The lowest BCUT2D eigenvalue weighted by Crippen LogP contribution is -1.97. The van der Waals surface area contributed by atoms with E-state index in [0.29, 0.717) is 5.92 Å². The average molecular weight is 109 g/mol. The Morgan fingerprint density at radius 1 is 1.75 bits per heavy atom. The zero-order chi connectivity index (χ0) is 5.98. The third-order valence-electron chi connectivity index (χ3n) is 1.67. The fourth-order valence-corrected chi connectivity index (χ4v) is 1.21. The van der Waals surface area contributed by atoms with Gasteiger partial charge in [0.2, 0.25) is 0 Å². The summed E-state index contributed by atoms with van der Waals surface area (Å²) < 4.78 is 0. The first-order valence-corrected chi connectivity index (χ1v) is 3.29. The van der Waals surface area contributed by atoms with Gasteiger partial charge in [-0.05, 0) is 39.0 Å². The maximum absolute atomic E-state index is 3.97. The molecular weight excluding hydrogens is 96.1 g/mol. The van der Waals surface area contributed by atoms with Crippen LogP contribution in [0.4, 0.5) is 0 Å². The SMILES string of the molecule is [CH2]C1C=C(C)CCC1. The molecule has 0 saturated heterocycles. The van der Waals surface area contributed by atoms with Crippen LogP contribution in [0.1, 0.15) is 26.2 Å². The van der Waals surface area contributed by atoms with Crippen molar-refractivity contribution in [3.05, 3.63) is 18.6 Å². The molecule has 0 heterocycles. The quantitative estimate of drug-likeness (QED) is 0.419. The molecule has 0 N–H and O–H groups in total. The molecule has 0 heteroatoms. The molecular formula is C8H13. The summed E-state index contributed by atoms with van der Waals surface area (Å²) in [6.07, 6.45) is 6.21. The Morgan fingerprint density at radius 2 is 2.50 bits per heavy atom. The lowest BCUT2D eigenvalue weighted by molar-refractivity contribution is 0.608. The largest absolute Gasteiger partial charge is 0.0825 e. The molecule has 1 aliphatic rings. The summed E-state index contributed by atoms with van der Waals surface area (Å²) in [6, 6.07) is 0. The van der Waals surface area contributed by atoms with E-state index in [2.05, 4.69) is 19.9 Å². The second kappa shape index (κ2) is 2.34. The zero-order valence-electron chi connectivity index (χ0n) is 5.48. The molecule has 0 spiro atoms. The van der Waals surface area contributed by atoms with Gasteiger partial charge in [0, 0.05) is 0 Å². The van der Waals surface area contributed by atoms with E-state index in [-0.39, 0.29) is 0 Å². The van der Waals surface area contributed by atoms with Crippen molar-refractivity contribution in [3.63, 3.8) is 0 Å². The van der Waals surface area contributed by atoms with E-state index in [1.54, 1.807) is 0 Å². The van der Waals surface area contributed by atoms with Crippen LogP contribution < -0.4 is 0 Å². The van der Waals surface area contributed by atoms with Gasteiger partial charge >= 0.3 is 0 Å². The number of hydrogen-bond donors (Lipinski definition) is 0. The van der Waals surface area contributed by atoms with E-state index >= 15 is 0 Å². The maximum atomic E-state index is 3.97. The van der Waals surface area contributed by atoms with Crippen molar-refractivity contribution >= 4 is 0 Å². The van der Waals surface area contributed by atoms with Crippen LogP contribution in [0.25, 0.3) is 0 Å². The molecule has 0 aromatic carbocycles. The highest BCUT2D eigenvalue weighted by atomic mass is 14.1. The first-order chi connectivity index (χ1) is 3.79. The summed E-state index contributed by atoms with van der Waals surface area (Å²) in [6.45, 7) is 6.16. The molecule has 1 unspecified atom stereocenters. The average Bonchev–Trinajstić information content (AvgIpc) is 1.64. The van der Waals surface area contributed by atoms with Crippen LogP contribution in [-0.4, -0.2) is 0 Å². The van der Waals surface area contributed by atoms with Crippen LogP contribution in [0.15, 0.2) is 11.6 Å². The molecule has 0 fully saturated rings. The zero-order valence-corrected chi connectivity index (χ0v) is 5.48. The number of allylic oxidation sites excluding steroid dienone is 2. The summed E-state index contributed by atoms with van der Waals surface area (Å²) in [5.74, 6) is 0.601. The molecule has 1 rings (SSSR count). The topological polar surface area (TPSA) is 0 Å². The Bertz CT molecular complexity index is 101. The fourth-order valence-electron chi connectivity index (χ4n) is 1.21. The maximum Gasteiger partial charge on any atom is -0.0231 e. The van der Waals surface area contributed by atoms with E-state index in [9.17, 15) is 0 Å². The fraction of sp³-hybridized carbons (Fsp3) is 0.625. The van der Waals surface area contributed by atoms with Crippen LogP contribution in [0, 0.1) is 12.8 Å². The summed E-state index contributed by atoms with van der Waals surface area (Å²) in [5.41, 5.74) is 1.52. The predicted molar refractivity (Wildman–Crippen MR) is 36.5 cm³/mol. The highest BCUT2D eigenvalue weighted by molar-refractivity contribution is 5.05. The Balaban J connectivity index is 2.50. The minimum Gasteiger partial charge on any atom is -0.0825 e.